The van der Waals surface area contributed by atoms with Gasteiger partial charge >= 0.3 is 5.97 Å². The van der Waals surface area contributed by atoms with Crippen LogP contribution >= 0.6 is 27.7 Å². The van der Waals surface area contributed by atoms with Gasteiger partial charge in [-0.1, -0.05) is 15.9 Å². The molecule has 0 aromatic heterocycles. The number of halogens is 1. The zero-order valence-corrected chi connectivity index (χ0v) is 10.6. The van der Waals surface area contributed by atoms with E-state index in [9.17, 15) is 4.79 Å². The lowest BCUT2D eigenvalue weighted by Gasteiger charge is -2.05. The molecule has 1 aromatic carbocycles. The van der Waals surface area contributed by atoms with Gasteiger partial charge in [0, 0.05) is 22.2 Å². The van der Waals surface area contributed by atoms with Gasteiger partial charge in [-0.3, -0.25) is 0 Å². The van der Waals surface area contributed by atoms with Crippen molar-refractivity contribution in [2.75, 3.05) is 19.5 Å². The van der Waals surface area contributed by atoms with Crippen LogP contribution in [0.2, 0.25) is 0 Å². The summed E-state index contributed by atoms with van der Waals surface area (Å²) in [6, 6.07) is 5.13. The Kier molecular flexibility index (Phi) is 5.14. The number of thioether (sulfide) groups is 1. The van der Waals surface area contributed by atoms with Gasteiger partial charge in [-0.2, -0.15) is 0 Å². The number of rotatable bonds is 5. The Bertz CT molecular complexity index is 355. The van der Waals surface area contributed by atoms with E-state index in [-0.39, 0.29) is 0 Å². The zero-order chi connectivity index (χ0) is 11.3. The summed E-state index contributed by atoms with van der Waals surface area (Å²) in [5, 5.41) is 8.95. The van der Waals surface area contributed by atoms with Crippen LogP contribution < -0.4 is 0 Å². The molecular formula is C10H11BrO3S. The fraction of sp³-hybridized carbons (Fsp3) is 0.300. The molecule has 0 fully saturated rings. The maximum absolute atomic E-state index is 10.9. The molecule has 0 amide bonds. The molecule has 1 aromatic rings. The van der Waals surface area contributed by atoms with Crippen molar-refractivity contribution < 1.29 is 14.6 Å². The summed E-state index contributed by atoms with van der Waals surface area (Å²) >= 11 is 4.80. The molecule has 0 atom stereocenters. The van der Waals surface area contributed by atoms with Crippen molar-refractivity contribution in [3.63, 3.8) is 0 Å². The van der Waals surface area contributed by atoms with Gasteiger partial charge < -0.3 is 9.84 Å². The van der Waals surface area contributed by atoms with Gasteiger partial charge in [0.1, 0.15) is 0 Å². The van der Waals surface area contributed by atoms with Crippen molar-refractivity contribution >= 4 is 33.7 Å². The lowest BCUT2D eigenvalue weighted by Crippen LogP contribution is -2.00. The minimum absolute atomic E-state index is 0.333. The van der Waals surface area contributed by atoms with Crippen LogP contribution in [0.5, 0.6) is 0 Å². The number of methoxy groups -OCH3 is 1. The Balaban J connectivity index is 2.82. The molecule has 0 saturated heterocycles. The molecule has 0 radical (unpaired) electrons. The Morgan fingerprint density at radius 3 is 2.93 bits per heavy atom. The highest BCUT2D eigenvalue weighted by molar-refractivity contribution is 9.10. The fourth-order valence-corrected chi connectivity index (χ4v) is 2.53. The second-order valence-electron chi connectivity index (χ2n) is 2.79. The molecule has 15 heavy (non-hydrogen) atoms. The van der Waals surface area contributed by atoms with Gasteiger partial charge in [0.2, 0.25) is 0 Å². The van der Waals surface area contributed by atoms with Crippen LogP contribution in [0.25, 0.3) is 0 Å². The molecule has 0 heterocycles. The minimum atomic E-state index is -0.901. The molecule has 5 heteroatoms. The number of ether oxygens (including phenoxy) is 1. The first-order valence-corrected chi connectivity index (χ1v) is 6.07. The van der Waals surface area contributed by atoms with Crippen LogP contribution in [0.1, 0.15) is 10.4 Å². The minimum Gasteiger partial charge on any atom is -0.478 e. The summed E-state index contributed by atoms with van der Waals surface area (Å²) in [6.07, 6.45) is 0. The molecule has 0 aliphatic heterocycles. The molecule has 0 unspecified atom stereocenters. The molecule has 0 aliphatic carbocycles. The zero-order valence-electron chi connectivity index (χ0n) is 8.20. The predicted molar refractivity (Wildman–Crippen MR) is 63.7 cm³/mol. The van der Waals surface area contributed by atoms with Crippen LogP contribution in [0, 0.1) is 0 Å². The normalized spacial score (nSPS) is 10.3. The smallest absolute Gasteiger partial charge is 0.336 e. The van der Waals surface area contributed by atoms with E-state index < -0.39 is 5.97 Å². The second-order valence-corrected chi connectivity index (χ2v) is 4.84. The third kappa shape index (κ3) is 3.85. The molecule has 1 rings (SSSR count). The lowest BCUT2D eigenvalue weighted by molar-refractivity contribution is 0.0693. The average molecular weight is 291 g/mol. The molecular weight excluding hydrogens is 280 g/mol. The number of carbonyl (C=O) groups is 1. The average Bonchev–Trinajstić information content (AvgIpc) is 2.18. The molecule has 0 aliphatic rings. The predicted octanol–water partition coefficient (Wildman–Crippen LogP) is 2.89. The Morgan fingerprint density at radius 1 is 1.60 bits per heavy atom. The van der Waals surface area contributed by atoms with Crippen LogP contribution in [-0.2, 0) is 4.74 Å². The van der Waals surface area contributed by atoms with Crippen molar-refractivity contribution in [3.8, 4) is 0 Å². The molecule has 82 valence electrons. The second kappa shape index (κ2) is 6.15. The Hall–Kier alpha value is -0.520. The van der Waals surface area contributed by atoms with E-state index in [1.807, 2.05) is 6.07 Å². The summed E-state index contributed by atoms with van der Waals surface area (Å²) in [4.78, 5) is 11.7. The number of hydrogen-bond acceptors (Lipinski definition) is 3. The van der Waals surface area contributed by atoms with E-state index in [2.05, 4.69) is 15.9 Å². The summed E-state index contributed by atoms with van der Waals surface area (Å²) in [7, 11) is 1.62. The van der Waals surface area contributed by atoms with Gasteiger partial charge in [0.15, 0.2) is 0 Å². The Labute approximate surface area is 101 Å². The van der Waals surface area contributed by atoms with Gasteiger partial charge in [-0.05, 0) is 18.2 Å². The third-order valence-electron chi connectivity index (χ3n) is 1.72. The number of carboxylic acids is 1. The Morgan fingerprint density at radius 2 is 2.33 bits per heavy atom. The quantitative estimate of drug-likeness (QED) is 0.669. The van der Waals surface area contributed by atoms with Gasteiger partial charge in [-0.15, -0.1) is 11.8 Å². The van der Waals surface area contributed by atoms with E-state index >= 15 is 0 Å². The topological polar surface area (TPSA) is 46.5 Å². The first-order valence-electron chi connectivity index (χ1n) is 4.29. The molecule has 0 saturated carbocycles. The van der Waals surface area contributed by atoms with E-state index in [1.165, 1.54) is 11.8 Å². The summed E-state index contributed by atoms with van der Waals surface area (Å²) in [6.45, 7) is 0.607. The van der Waals surface area contributed by atoms with Crippen LogP contribution in [0.15, 0.2) is 27.6 Å². The van der Waals surface area contributed by atoms with E-state index in [0.29, 0.717) is 12.2 Å². The highest BCUT2D eigenvalue weighted by atomic mass is 79.9. The molecule has 0 bridgehead atoms. The third-order valence-corrected chi connectivity index (χ3v) is 3.23. The van der Waals surface area contributed by atoms with Crippen molar-refractivity contribution in [2.45, 2.75) is 4.90 Å². The largest absolute Gasteiger partial charge is 0.478 e. The van der Waals surface area contributed by atoms with Crippen LogP contribution in [0.4, 0.5) is 0 Å². The molecule has 3 nitrogen and oxygen atoms in total. The number of aromatic carboxylic acids is 1. The lowest BCUT2D eigenvalue weighted by atomic mass is 10.2. The van der Waals surface area contributed by atoms with E-state index in [1.54, 1.807) is 19.2 Å². The maximum Gasteiger partial charge on any atom is 0.336 e. The fourth-order valence-electron chi connectivity index (χ4n) is 1.03. The standard InChI is InChI=1S/C10H11BrO3S/c1-14-4-5-15-9-6-7(11)2-3-8(9)10(12)13/h2-3,6H,4-5H2,1H3,(H,12,13). The number of hydrogen-bond donors (Lipinski definition) is 1. The van der Waals surface area contributed by atoms with Gasteiger partial charge in [0.05, 0.1) is 12.2 Å². The number of benzene rings is 1. The van der Waals surface area contributed by atoms with Crippen molar-refractivity contribution in [1.29, 1.82) is 0 Å². The first kappa shape index (κ1) is 12.5. The monoisotopic (exact) mass is 290 g/mol. The van der Waals surface area contributed by atoms with Gasteiger partial charge in [-0.25, -0.2) is 4.79 Å². The van der Waals surface area contributed by atoms with Crippen LogP contribution in [0.3, 0.4) is 0 Å². The first-order chi connectivity index (χ1) is 7.15. The van der Waals surface area contributed by atoms with Crippen molar-refractivity contribution in [3.05, 3.63) is 28.2 Å². The van der Waals surface area contributed by atoms with Crippen molar-refractivity contribution in [2.24, 2.45) is 0 Å². The SMILES string of the molecule is COCCSc1cc(Br)ccc1C(=O)O. The number of carboxylic acid groups (broad SMARTS) is 1. The van der Waals surface area contributed by atoms with Gasteiger partial charge in [0.25, 0.3) is 0 Å². The maximum atomic E-state index is 10.9. The highest BCUT2D eigenvalue weighted by Gasteiger charge is 2.10. The van der Waals surface area contributed by atoms with E-state index in [0.717, 1.165) is 15.1 Å². The van der Waals surface area contributed by atoms with Crippen LogP contribution in [-0.4, -0.2) is 30.5 Å². The van der Waals surface area contributed by atoms with E-state index in [4.69, 9.17) is 9.84 Å². The highest BCUT2D eigenvalue weighted by Crippen LogP contribution is 2.26. The molecule has 0 spiro atoms. The summed E-state index contributed by atoms with van der Waals surface area (Å²) in [5.74, 6) is -0.157. The molecule has 1 N–H and O–H groups in total. The van der Waals surface area contributed by atoms with Crippen molar-refractivity contribution in [1.82, 2.24) is 0 Å². The summed E-state index contributed by atoms with van der Waals surface area (Å²) < 4.78 is 5.80. The summed E-state index contributed by atoms with van der Waals surface area (Å²) in [5.41, 5.74) is 0.333.